The number of ether oxygens (including phenoxy) is 7. The van der Waals surface area contributed by atoms with Gasteiger partial charge >= 0.3 is 18.3 Å². The Kier molecular flexibility index (Phi) is 28.7. The number of nitrogens with one attached hydrogen (secondary N) is 4. The molecule has 650 valence electrons. The number of hydrogen-bond donors (Lipinski definition) is 5. The first-order valence-electron chi connectivity index (χ1n) is 37.1. The van der Waals surface area contributed by atoms with E-state index in [2.05, 4.69) is 68.0 Å². The van der Waals surface area contributed by atoms with Gasteiger partial charge in [-0.1, -0.05) is 6.58 Å². The molecular weight excluding hydrogens is 1650 g/mol. The lowest BCUT2D eigenvalue weighted by atomic mass is 9.93. The monoisotopic (exact) mass is 1740 g/mol. The maximum atomic E-state index is 14.4. The molecule has 7 aromatic heterocycles. The number of pyridine rings is 4. The van der Waals surface area contributed by atoms with Gasteiger partial charge in [-0.25, -0.2) is 77.1 Å². The van der Waals surface area contributed by atoms with Crippen molar-refractivity contribution in [1.29, 1.82) is 0 Å². The van der Waals surface area contributed by atoms with E-state index in [9.17, 15) is 79.6 Å². The van der Waals surface area contributed by atoms with Crippen molar-refractivity contribution in [2.75, 3.05) is 45.2 Å². The largest absolute Gasteiger partial charge is 0.444 e. The van der Waals surface area contributed by atoms with Gasteiger partial charge in [-0.3, -0.25) is 14.6 Å². The van der Waals surface area contributed by atoms with E-state index in [1.807, 2.05) is 4.90 Å². The average molecular weight is 1740 g/mol. The Morgan fingerprint density at radius 3 is 1.20 bits per heavy atom. The molecule has 7 aliphatic rings. The Morgan fingerprint density at radius 2 is 0.824 bits per heavy atom. The molecular formula is C74H93F8N17O17S3. The highest BCUT2D eigenvalue weighted by Gasteiger charge is 2.43. The smallest absolute Gasteiger partial charge is 0.407 e. The minimum atomic E-state index is -3.48. The Labute approximate surface area is 680 Å². The minimum Gasteiger partial charge on any atom is -0.444 e. The second-order valence-corrected chi connectivity index (χ2v) is 37.6. The van der Waals surface area contributed by atoms with Crippen LogP contribution in [0.25, 0.3) is 0 Å². The molecule has 14 heterocycles. The topological polar surface area (TPSA) is 421 Å². The van der Waals surface area contributed by atoms with E-state index in [0.717, 1.165) is 108 Å². The quantitative estimate of drug-likeness (QED) is 0.0342. The molecule has 4 fully saturated rings. The summed E-state index contributed by atoms with van der Waals surface area (Å²) in [5.74, 6) is -6.44. The highest BCUT2D eigenvalue weighted by atomic mass is 32.2. The normalized spacial score (nSPS) is 22.8. The molecule has 34 nitrogen and oxygen atoms in total. The number of nitrogens with zero attached hydrogens (tertiary/aromatic N) is 12. The van der Waals surface area contributed by atoms with Crippen molar-refractivity contribution in [3.63, 3.8) is 0 Å². The number of Topliss-reactive ketones (excluding diaryl/α,β-unsaturated/α-hetero) is 1. The SMILES string of the molecule is C=C1CO[C@H](c2cc(F)cnc2F)[C@@H](NC(=O)OC(C)(C)C)C1.CC(C)(C)OC(=O)N[C@H]1CC(=O)CO[C@@H]1c1cc(F)cnc1F.CC(C)(C)OC(=O)N[C@H]1C[C@@H](N2Cc3cn(S(C)(=O)=O)nc3C2)CO[C@@H]1c1cc(F)cnc1F.CS(=O)(=O)n1cc2c(n1)CN([C@H]1CO[C@H](c3cc(F)cnc3F)[C@@H](N)C1)C2.CS(=O)(=O)n1cc2c(n1)CNC2. The lowest BCUT2D eigenvalue weighted by molar-refractivity contribution is -0.134. The molecule has 0 spiro atoms. The summed E-state index contributed by atoms with van der Waals surface area (Å²) < 4.78 is 220. The number of ketones is 1. The van der Waals surface area contributed by atoms with Crippen molar-refractivity contribution in [3.05, 3.63) is 183 Å². The van der Waals surface area contributed by atoms with E-state index < -0.39 is 161 Å². The van der Waals surface area contributed by atoms with E-state index in [0.29, 0.717) is 76.5 Å². The fourth-order valence-electron chi connectivity index (χ4n) is 13.6. The van der Waals surface area contributed by atoms with Crippen LogP contribution >= 0.6 is 0 Å². The second-order valence-electron chi connectivity index (χ2n) is 32.1. The van der Waals surface area contributed by atoms with Gasteiger partial charge in [0.25, 0.3) is 30.1 Å². The number of alkyl carbamates (subject to hydrolysis) is 3. The lowest BCUT2D eigenvalue weighted by Gasteiger charge is -2.40. The van der Waals surface area contributed by atoms with Gasteiger partial charge in [0, 0.05) is 121 Å². The first-order chi connectivity index (χ1) is 55.4. The predicted molar refractivity (Wildman–Crippen MR) is 405 cm³/mol. The van der Waals surface area contributed by atoms with Crippen molar-refractivity contribution >= 4 is 54.1 Å². The standard InChI is InChI=1S/C21H27F2N5O5S.C16H19F2N5O3S.C16H20F2N2O3.C15H18F2N2O4.C6H9N3O2S/c1-21(2,3)33-20(29)25-16-6-14(11-32-18(16)15-5-13(22)7-24-19(15)23)27-8-12-9-28(34(4,30)31)26-17(12)10-27;1-27(24,25)23-6-9-5-22(7-14(9)21-23)11-3-13(19)15(26-8-11)12-2-10(17)4-20-16(12)18;1-9-5-12(20-15(21)23-16(2,3)4)13(22-8-9)11-6-10(17)7-19-14(11)18;1-15(2,3)23-14(21)19-11-5-9(20)7-22-12(11)10-4-8(16)6-18-13(10)17;1-12(10,11)9-4-5-2-7-3-6(5)8-9/h5,7,9,14,16,18H,6,8,10-11H2,1-4H3,(H,25,29);2,4,6,11,13,15H,3,5,7-8,19H2,1H3;6-7,12-13H,1,5,8H2,2-4H3,(H,20,21);4,6,11-12H,5,7H2,1-3H3,(H,19,21);4,7H,2-3H2,1H3/t14-,16+,18-;11-,13+,15-;12-,13+;11-,12+;/m1100./s1. The molecule has 0 saturated carbocycles. The van der Waals surface area contributed by atoms with Crippen LogP contribution in [0.5, 0.6) is 0 Å². The molecule has 10 atom stereocenters. The Bertz CT molecular complexity index is 5090. The summed E-state index contributed by atoms with van der Waals surface area (Å²) in [6, 6.07) is 1.07. The summed E-state index contributed by atoms with van der Waals surface area (Å²) in [4.78, 5) is 65.5. The van der Waals surface area contributed by atoms with E-state index in [1.165, 1.54) is 12.4 Å². The first kappa shape index (κ1) is 91.7. The number of hydrogen-bond acceptors (Lipinski definition) is 28. The zero-order chi connectivity index (χ0) is 87.3. The van der Waals surface area contributed by atoms with Crippen LogP contribution in [-0.4, -0.2) is 205 Å². The van der Waals surface area contributed by atoms with Gasteiger partial charge in [0.2, 0.25) is 23.8 Å². The molecule has 0 radical (unpaired) electrons. The van der Waals surface area contributed by atoms with Crippen molar-refractivity contribution in [2.24, 2.45) is 5.73 Å². The minimum absolute atomic E-state index is 0.0233. The molecule has 0 aromatic carbocycles. The van der Waals surface area contributed by atoms with Crippen LogP contribution in [0.15, 0.2) is 79.8 Å². The van der Waals surface area contributed by atoms with Gasteiger partial charge in [-0.2, -0.15) is 45.1 Å². The van der Waals surface area contributed by atoms with Crippen molar-refractivity contribution in [3.8, 4) is 0 Å². The summed E-state index contributed by atoms with van der Waals surface area (Å²) >= 11 is 0. The maximum absolute atomic E-state index is 14.4. The summed E-state index contributed by atoms with van der Waals surface area (Å²) in [6.07, 6.45) is 6.45. The molecule has 119 heavy (non-hydrogen) atoms. The van der Waals surface area contributed by atoms with E-state index in [1.54, 1.807) is 68.5 Å². The summed E-state index contributed by atoms with van der Waals surface area (Å²) in [6.45, 7) is 22.9. The van der Waals surface area contributed by atoms with Crippen LogP contribution in [0, 0.1) is 47.1 Å². The van der Waals surface area contributed by atoms with Gasteiger partial charge in [0.15, 0.2) is 5.78 Å². The lowest BCUT2D eigenvalue weighted by Crippen LogP contribution is -2.52. The van der Waals surface area contributed by atoms with Crippen molar-refractivity contribution in [1.82, 2.24) is 78.6 Å². The number of fused-ring (bicyclic) bond motifs is 3. The van der Waals surface area contributed by atoms with Crippen LogP contribution in [0.3, 0.4) is 0 Å². The van der Waals surface area contributed by atoms with Gasteiger partial charge in [0.1, 0.15) is 71.1 Å². The van der Waals surface area contributed by atoms with Crippen molar-refractivity contribution in [2.45, 2.75) is 205 Å². The zero-order valence-electron chi connectivity index (χ0n) is 66.9. The molecule has 7 aliphatic heterocycles. The highest BCUT2D eigenvalue weighted by Crippen LogP contribution is 2.39. The van der Waals surface area contributed by atoms with Crippen LogP contribution in [0.4, 0.5) is 49.5 Å². The molecule has 0 unspecified atom stereocenters. The fourth-order valence-corrected chi connectivity index (χ4v) is 15.3. The molecule has 0 bridgehead atoms. The molecule has 45 heteroatoms. The summed E-state index contributed by atoms with van der Waals surface area (Å²) in [5.41, 5.74) is 9.29. The number of rotatable bonds is 12. The van der Waals surface area contributed by atoms with Crippen LogP contribution in [0.1, 0.15) is 168 Å². The predicted octanol–water partition coefficient (Wildman–Crippen LogP) is 7.49. The zero-order valence-corrected chi connectivity index (χ0v) is 69.3. The maximum Gasteiger partial charge on any atom is 0.407 e. The van der Waals surface area contributed by atoms with Gasteiger partial charge < -0.3 is 60.2 Å². The average Bonchev–Trinajstić information content (AvgIpc) is 1.63. The van der Waals surface area contributed by atoms with E-state index >= 15 is 0 Å². The fraction of sp³-hybridized carbons (Fsp3) is 0.527. The molecule has 7 aromatic rings. The van der Waals surface area contributed by atoms with Gasteiger partial charge in [-0.15, -0.1) is 0 Å². The van der Waals surface area contributed by atoms with Gasteiger partial charge in [-0.05, 0) is 111 Å². The van der Waals surface area contributed by atoms with E-state index in [4.69, 9.17) is 38.9 Å². The summed E-state index contributed by atoms with van der Waals surface area (Å²) in [5, 5.41) is 23.1. The third-order valence-corrected chi connectivity index (χ3v) is 21.3. The highest BCUT2D eigenvalue weighted by molar-refractivity contribution is 7.89. The molecule has 4 saturated heterocycles. The third-order valence-electron chi connectivity index (χ3n) is 18.7. The molecule has 3 amide bonds. The molecule has 6 N–H and O–H groups in total. The third kappa shape index (κ3) is 25.0. The van der Waals surface area contributed by atoms with Crippen molar-refractivity contribution < 1.29 is 113 Å². The Balaban J connectivity index is 0.000000161. The number of nitrogens with two attached hydrogens (primary N) is 1. The van der Waals surface area contributed by atoms with E-state index in [-0.39, 0.29) is 66.4 Å². The number of amides is 3. The van der Waals surface area contributed by atoms with Crippen LogP contribution < -0.4 is 27.0 Å². The molecule has 0 aliphatic carbocycles. The summed E-state index contributed by atoms with van der Waals surface area (Å²) in [7, 11) is -10.1. The Morgan fingerprint density at radius 1 is 0.479 bits per heavy atom. The number of aromatic nitrogens is 10. The van der Waals surface area contributed by atoms with Gasteiger partial charge in [0.05, 0.1) is 98.6 Å². The van der Waals surface area contributed by atoms with Crippen LogP contribution in [-0.2, 0) is 107 Å². The van der Waals surface area contributed by atoms with Crippen LogP contribution in [0.2, 0.25) is 0 Å². The Hall–Kier alpha value is -9.58. The number of carbonyl (C=O) groups is 4. The number of carbonyl (C=O) groups excluding carboxylic acids is 4. The second kappa shape index (κ2) is 37.2. The first-order valence-corrected chi connectivity index (χ1v) is 42.6. The number of halogens is 8. The molecule has 14 rings (SSSR count).